The maximum Gasteiger partial charge on any atom is 0.459 e. The van der Waals surface area contributed by atoms with Gasteiger partial charge in [0, 0.05) is 16.8 Å². The van der Waals surface area contributed by atoms with Gasteiger partial charge >= 0.3 is 25.4 Å². The Hall–Kier alpha value is -3.74. The summed E-state index contributed by atoms with van der Waals surface area (Å²) < 4.78 is 43.7. The largest absolute Gasteiger partial charge is 0.462 e. The number of aromatic nitrogens is 2. The number of benzene rings is 1. The third kappa shape index (κ3) is 8.43. The molecule has 0 amide bonds. The van der Waals surface area contributed by atoms with E-state index in [1.165, 1.54) is 20.0 Å². The topological polar surface area (TPSA) is 193 Å². The number of hydrogen-bond donors (Lipinski definition) is 1. The molecule has 15 nitrogen and oxygen atoms in total. The number of ether oxygens (including phenoxy) is 3. The van der Waals surface area contributed by atoms with E-state index in [-0.39, 0.29) is 5.75 Å². The molecule has 2 aromatic rings. The first-order valence-electron chi connectivity index (χ1n) is 13.6. The zero-order chi connectivity index (χ0) is 31.9. The molecule has 0 bridgehead atoms. The third-order valence-electron chi connectivity index (χ3n) is 6.35. The molecule has 6 atom stereocenters. The van der Waals surface area contributed by atoms with Gasteiger partial charge in [-0.2, -0.15) is 10.1 Å². The molecule has 1 aliphatic heterocycles. The summed E-state index contributed by atoms with van der Waals surface area (Å²) in [5.74, 6) is -1.73. The van der Waals surface area contributed by atoms with E-state index in [0.29, 0.717) is 5.69 Å². The van der Waals surface area contributed by atoms with Crippen molar-refractivity contribution >= 4 is 19.7 Å². The van der Waals surface area contributed by atoms with Gasteiger partial charge in [0.05, 0.1) is 18.6 Å². The summed E-state index contributed by atoms with van der Waals surface area (Å²) in [6.07, 6.45) is -2.82. The molecular formula is C27H37N6O9P. The number of para-hydroxylation sites is 1. The quantitative estimate of drug-likeness (QED) is 0.111. The SMILES string of the molecule is Cc1ccn([C@@H]2O[C@H](COP(=O)(N[C@@H](C)C(=O)OC(C)C)Oc3ccccc3)[C@@H](OC(=O)C(C)C)[C@@]2(C)N=[N+]=[N-])c(=O)n1. The van der Waals surface area contributed by atoms with Gasteiger partial charge in [-0.3, -0.25) is 18.7 Å². The van der Waals surface area contributed by atoms with Gasteiger partial charge in [0.1, 0.15) is 29.5 Å². The number of azide groups is 1. The van der Waals surface area contributed by atoms with Crippen LogP contribution in [0.15, 0.2) is 52.5 Å². The number of rotatable bonds is 13. The van der Waals surface area contributed by atoms with Crippen molar-refractivity contribution in [2.75, 3.05) is 6.61 Å². The Balaban J connectivity index is 2.00. The highest BCUT2D eigenvalue weighted by Gasteiger charge is 2.57. The molecule has 0 aliphatic carbocycles. The second-order valence-corrected chi connectivity index (χ2v) is 12.4. The van der Waals surface area contributed by atoms with Gasteiger partial charge in [0.2, 0.25) is 0 Å². The second kappa shape index (κ2) is 14.2. The lowest BCUT2D eigenvalue weighted by atomic mass is 9.92. The first-order valence-corrected chi connectivity index (χ1v) is 15.2. The van der Waals surface area contributed by atoms with Crippen LogP contribution in [0.5, 0.6) is 5.75 Å². The molecule has 1 saturated heterocycles. The van der Waals surface area contributed by atoms with E-state index in [1.54, 1.807) is 71.0 Å². The third-order valence-corrected chi connectivity index (χ3v) is 7.99. The molecule has 16 heteroatoms. The minimum Gasteiger partial charge on any atom is -0.462 e. The Kier molecular flexibility index (Phi) is 11.1. The van der Waals surface area contributed by atoms with Crippen molar-refractivity contribution in [3.8, 4) is 5.75 Å². The van der Waals surface area contributed by atoms with Crippen LogP contribution in [-0.2, 0) is 32.9 Å². The van der Waals surface area contributed by atoms with Crippen LogP contribution in [0.2, 0.25) is 0 Å². The molecule has 1 aromatic carbocycles. The highest BCUT2D eigenvalue weighted by molar-refractivity contribution is 7.52. The Morgan fingerprint density at radius 1 is 1.19 bits per heavy atom. The van der Waals surface area contributed by atoms with E-state index in [4.69, 9.17) is 23.3 Å². The summed E-state index contributed by atoms with van der Waals surface area (Å²) in [6, 6.07) is 8.56. The Morgan fingerprint density at radius 2 is 1.86 bits per heavy atom. The molecule has 0 saturated carbocycles. The van der Waals surface area contributed by atoms with Gasteiger partial charge in [0.15, 0.2) is 6.23 Å². The summed E-state index contributed by atoms with van der Waals surface area (Å²) in [6.45, 7) is 10.6. The van der Waals surface area contributed by atoms with Crippen LogP contribution in [0.1, 0.15) is 53.5 Å². The number of esters is 2. The molecule has 1 aliphatic rings. The summed E-state index contributed by atoms with van der Waals surface area (Å²) in [5.41, 5.74) is 7.55. The van der Waals surface area contributed by atoms with Crippen molar-refractivity contribution in [1.82, 2.24) is 14.6 Å². The molecule has 0 spiro atoms. The zero-order valence-corrected chi connectivity index (χ0v) is 26.0. The first-order chi connectivity index (χ1) is 20.2. The number of carbonyl (C=O) groups excluding carboxylic acids is 2. The van der Waals surface area contributed by atoms with E-state index in [1.807, 2.05) is 0 Å². The predicted molar refractivity (Wildman–Crippen MR) is 154 cm³/mol. The number of aryl methyl sites for hydroxylation is 1. The fourth-order valence-electron chi connectivity index (χ4n) is 4.21. The van der Waals surface area contributed by atoms with Crippen molar-refractivity contribution in [3.63, 3.8) is 0 Å². The Bertz CT molecular complexity index is 1450. The minimum atomic E-state index is -4.35. The van der Waals surface area contributed by atoms with Gasteiger partial charge in [-0.25, -0.2) is 9.36 Å². The summed E-state index contributed by atoms with van der Waals surface area (Å²) >= 11 is 0. The van der Waals surface area contributed by atoms with Crippen molar-refractivity contribution in [1.29, 1.82) is 0 Å². The number of hydrogen-bond acceptors (Lipinski definition) is 11. The standard InChI is InChI=1S/C27H37N6O9P/c1-16(2)23(34)41-22-21(40-25(27(22,7)31-32-28)33-14-13-18(5)29-26(33)36)15-38-43(37,42-20-11-9-8-10-12-20)30-19(6)24(35)39-17(3)4/h8-14,16-17,19,21-22,25H,15H2,1-7H3,(H,30,37)/t19-,21+,22+,25+,27+,43?/m0/s1. The van der Waals surface area contributed by atoms with Gasteiger partial charge in [-0.05, 0) is 58.3 Å². The van der Waals surface area contributed by atoms with E-state index in [0.717, 1.165) is 4.57 Å². The average Bonchev–Trinajstić information content (AvgIpc) is 3.18. The average molecular weight is 621 g/mol. The van der Waals surface area contributed by atoms with Crippen LogP contribution in [-0.4, -0.2) is 58.0 Å². The predicted octanol–water partition coefficient (Wildman–Crippen LogP) is 4.22. The van der Waals surface area contributed by atoms with Gasteiger partial charge in [-0.1, -0.05) is 37.2 Å². The van der Waals surface area contributed by atoms with Crippen molar-refractivity contribution < 1.29 is 37.4 Å². The highest BCUT2D eigenvalue weighted by Crippen LogP contribution is 2.48. The lowest BCUT2D eigenvalue weighted by Gasteiger charge is -2.31. The minimum absolute atomic E-state index is 0.173. The van der Waals surface area contributed by atoms with Crippen LogP contribution >= 0.6 is 7.75 Å². The second-order valence-electron chi connectivity index (χ2n) is 10.7. The fraction of sp³-hybridized carbons (Fsp3) is 0.556. The van der Waals surface area contributed by atoms with Gasteiger partial charge < -0.3 is 18.7 Å². The van der Waals surface area contributed by atoms with Gasteiger partial charge in [-0.15, -0.1) is 0 Å². The molecule has 3 rings (SSSR count). The number of carbonyl (C=O) groups is 2. The molecule has 2 heterocycles. The van der Waals surface area contributed by atoms with Gasteiger partial charge in [0.25, 0.3) is 0 Å². The first kappa shape index (κ1) is 33.8. The summed E-state index contributed by atoms with van der Waals surface area (Å²) in [5, 5.41) is 6.47. The number of nitrogens with zero attached hydrogens (tertiary/aromatic N) is 5. The van der Waals surface area contributed by atoms with Crippen LogP contribution in [0.25, 0.3) is 10.4 Å². The fourth-order valence-corrected chi connectivity index (χ4v) is 5.71. The maximum atomic E-state index is 14.0. The van der Waals surface area contributed by atoms with E-state index >= 15 is 0 Å². The van der Waals surface area contributed by atoms with Crippen molar-refractivity contribution in [2.24, 2.45) is 11.0 Å². The Labute approximate surface area is 249 Å². The zero-order valence-electron chi connectivity index (χ0n) is 25.1. The van der Waals surface area contributed by atoms with Crippen LogP contribution in [0.3, 0.4) is 0 Å². The van der Waals surface area contributed by atoms with Crippen LogP contribution in [0, 0.1) is 12.8 Å². The molecule has 1 aromatic heterocycles. The van der Waals surface area contributed by atoms with Crippen LogP contribution < -0.4 is 15.3 Å². The summed E-state index contributed by atoms with van der Waals surface area (Å²) in [4.78, 5) is 44.9. The monoisotopic (exact) mass is 620 g/mol. The molecule has 43 heavy (non-hydrogen) atoms. The molecule has 234 valence electrons. The van der Waals surface area contributed by atoms with Crippen LogP contribution in [0.4, 0.5) is 0 Å². The highest BCUT2D eigenvalue weighted by atomic mass is 31.2. The van der Waals surface area contributed by atoms with Crippen molar-refractivity contribution in [3.05, 3.63) is 69.2 Å². The number of nitrogens with one attached hydrogen (secondary N) is 1. The Morgan fingerprint density at radius 3 is 2.44 bits per heavy atom. The summed E-state index contributed by atoms with van der Waals surface area (Å²) in [7, 11) is -4.35. The van der Waals surface area contributed by atoms with E-state index < -0.39 is 74.0 Å². The molecule has 1 N–H and O–H groups in total. The lowest BCUT2D eigenvalue weighted by Crippen LogP contribution is -2.47. The normalized spacial score (nSPS) is 23.7. The molecule has 1 fully saturated rings. The lowest BCUT2D eigenvalue weighted by molar-refractivity contribution is -0.158. The van der Waals surface area contributed by atoms with Crippen molar-refractivity contribution in [2.45, 2.75) is 84.6 Å². The smallest absolute Gasteiger partial charge is 0.459 e. The van der Waals surface area contributed by atoms with E-state index in [2.05, 4.69) is 20.1 Å². The molecule has 0 radical (unpaired) electrons. The van der Waals surface area contributed by atoms with E-state index in [9.17, 15) is 24.5 Å². The maximum absolute atomic E-state index is 14.0. The molecular weight excluding hydrogens is 583 g/mol. The molecule has 1 unspecified atom stereocenters.